The Bertz CT molecular complexity index is 621. The zero-order chi connectivity index (χ0) is 13.3. The summed E-state index contributed by atoms with van der Waals surface area (Å²) in [6.07, 6.45) is 0. The van der Waals surface area contributed by atoms with Crippen LogP contribution in [0.3, 0.4) is 0 Å². The number of aryl methyl sites for hydroxylation is 1. The molecule has 0 atom stereocenters. The van der Waals surface area contributed by atoms with Crippen LogP contribution in [-0.4, -0.2) is 11.1 Å². The lowest BCUT2D eigenvalue weighted by molar-refractivity contribution is 0.0691. The van der Waals surface area contributed by atoms with Crippen LogP contribution in [0, 0.1) is 18.6 Å². The maximum atomic E-state index is 13.8. The largest absolute Gasteiger partial charge is 0.478 e. The molecule has 92 valence electrons. The van der Waals surface area contributed by atoms with Crippen LogP contribution in [0.4, 0.5) is 8.78 Å². The van der Waals surface area contributed by atoms with E-state index in [1.54, 1.807) is 18.2 Å². The summed E-state index contributed by atoms with van der Waals surface area (Å²) >= 11 is 0. The number of benzene rings is 2. The van der Waals surface area contributed by atoms with Crippen LogP contribution in [0.15, 0.2) is 36.4 Å². The zero-order valence-corrected chi connectivity index (χ0v) is 9.58. The summed E-state index contributed by atoms with van der Waals surface area (Å²) in [6, 6.07) is 8.53. The first-order valence-electron chi connectivity index (χ1n) is 5.28. The first-order chi connectivity index (χ1) is 8.49. The molecule has 0 aliphatic rings. The quantitative estimate of drug-likeness (QED) is 0.880. The Morgan fingerprint density at radius 2 is 1.83 bits per heavy atom. The first-order valence-corrected chi connectivity index (χ1v) is 5.28. The predicted octanol–water partition coefficient (Wildman–Crippen LogP) is 3.64. The molecule has 2 aromatic carbocycles. The molecule has 0 aliphatic carbocycles. The molecule has 0 aromatic heterocycles. The van der Waals surface area contributed by atoms with Crippen LogP contribution in [0.2, 0.25) is 0 Å². The number of hydrogen-bond donors (Lipinski definition) is 1. The van der Waals surface area contributed by atoms with Crippen LogP contribution in [-0.2, 0) is 0 Å². The summed E-state index contributed by atoms with van der Waals surface area (Å²) in [5.74, 6) is -3.18. The molecule has 0 radical (unpaired) electrons. The van der Waals surface area contributed by atoms with Crippen molar-refractivity contribution in [3.63, 3.8) is 0 Å². The number of carboxylic acids is 1. The standard InChI is InChI=1S/C14H10F2O2/c1-8-3-2-4-9(5-8)10-6-13(16)11(14(17)18)7-12(10)15/h2-7H,1H3,(H,17,18). The van der Waals surface area contributed by atoms with Gasteiger partial charge in [-0.3, -0.25) is 0 Å². The fraction of sp³-hybridized carbons (Fsp3) is 0.0714. The van der Waals surface area contributed by atoms with Crippen molar-refractivity contribution in [1.29, 1.82) is 0 Å². The molecule has 0 heterocycles. The highest BCUT2D eigenvalue weighted by Gasteiger charge is 2.16. The van der Waals surface area contributed by atoms with Crippen LogP contribution >= 0.6 is 0 Å². The van der Waals surface area contributed by atoms with Crippen molar-refractivity contribution in [1.82, 2.24) is 0 Å². The molecule has 1 N–H and O–H groups in total. The molecule has 0 spiro atoms. The second kappa shape index (κ2) is 4.56. The van der Waals surface area contributed by atoms with E-state index in [1.807, 2.05) is 13.0 Å². The van der Waals surface area contributed by atoms with Crippen molar-refractivity contribution in [3.05, 3.63) is 59.2 Å². The summed E-state index contributed by atoms with van der Waals surface area (Å²) in [5.41, 5.74) is 0.822. The van der Waals surface area contributed by atoms with Crippen molar-refractivity contribution in [3.8, 4) is 11.1 Å². The van der Waals surface area contributed by atoms with Gasteiger partial charge in [0, 0.05) is 5.56 Å². The van der Waals surface area contributed by atoms with Gasteiger partial charge in [-0.1, -0.05) is 29.8 Å². The lowest BCUT2D eigenvalue weighted by Crippen LogP contribution is -2.02. The second-order valence-corrected chi connectivity index (χ2v) is 3.99. The third-order valence-electron chi connectivity index (χ3n) is 2.62. The zero-order valence-electron chi connectivity index (χ0n) is 9.58. The van der Waals surface area contributed by atoms with Gasteiger partial charge in [0.1, 0.15) is 11.6 Å². The SMILES string of the molecule is Cc1cccc(-c2cc(F)c(C(=O)O)cc2F)c1. The molecule has 2 aromatic rings. The monoisotopic (exact) mass is 248 g/mol. The van der Waals surface area contributed by atoms with E-state index in [1.165, 1.54) is 0 Å². The maximum absolute atomic E-state index is 13.8. The Morgan fingerprint density at radius 1 is 1.11 bits per heavy atom. The highest BCUT2D eigenvalue weighted by molar-refractivity contribution is 5.88. The van der Waals surface area contributed by atoms with E-state index in [-0.39, 0.29) is 5.56 Å². The van der Waals surface area contributed by atoms with Crippen molar-refractivity contribution < 1.29 is 18.7 Å². The van der Waals surface area contributed by atoms with E-state index < -0.39 is 23.2 Å². The Morgan fingerprint density at radius 3 is 2.44 bits per heavy atom. The molecular formula is C14H10F2O2. The lowest BCUT2D eigenvalue weighted by Gasteiger charge is -2.06. The fourth-order valence-corrected chi connectivity index (χ4v) is 1.74. The molecule has 0 saturated carbocycles. The van der Waals surface area contributed by atoms with E-state index in [0.717, 1.165) is 11.6 Å². The molecule has 0 aliphatic heterocycles. The Labute approximate surface area is 103 Å². The van der Waals surface area contributed by atoms with Gasteiger partial charge in [0.15, 0.2) is 0 Å². The van der Waals surface area contributed by atoms with Gasteiger partial charge in [-0.05, 0) is 24.6 Å². The summed E-state index contributed by atoms with van der Waals surface area (Å²) in [5, 5.41) is 8.69. The van der Waals surface area contributed by atoms with Crippen LogP contribution in [0.25, 0.3) is 11.1 Å². The van der Waals surface area contributed by atoms with Crippen LogP contribution < -0.4 is 0 Å². The Hall–Kier alpha value is -2.23. The third kappa shape index (κ3) is 2.22. The van der Waals surface area contributed by atoms with Gasteiger partial charge < -0.3 is 5.11 Å². The number of halogens is 2. The highest BCUT2D eigenvalue weighted by Crippen LogP contribution is 2.26. The van der Waals surface area contributed by atoms with E-state index >= 15 is 0 Å². The molecule has 0 unspecified atom stereocenters. The topological polar surface area (TPSA) is 37.3 Å². The van der Waals surface area contributed by atoms with Crippen molar-refractivity contribution >= 4 is 5.97 Å². The van der Waals surface area contributed by atoms with Gasteiger partial charge in [-0.2, -0.15) is 0 Å². The molecule has 18 heavy (non-hydrogen) atoms. The molecule has 4 heteroatoms. The summed E-state index contributed by atoms with van der Waals surface area (Å²) in [7, 11) is 0. The minimum absolute atomic E-state index is 0.0567. The molecule has 2 rings (SSSR count). The van der Waals surface area contributed by atoms with Crippen LogP contribution in [0.1, 0.15) is 15.9 Å². The van der Waals surface area contributed by atoms with Gasteiger partial charge in [0.2, 0.25) is 0 Å². The fourth-order valence-electron chi connectivity index (χ4n) is 1.74. The first kappa shape index (κ1) is 12.2. The Kier molecular flexibility index (Phi) is 3.10. The minimum atomic E-state index is -1.48. The summed E-state index contributed by atoms with van der Waals surface area (Å²) in [4.78, 5) is 10.7. The smallest absolute Gasteiger partial charge is 0.338 e. The van der Waals surface area contributed by atoms with Gasteiger partial charge in [0.05, 0.1) is 5.56 Å². The molecule has 0 fully saturated rings. The molecule has 0 amide bonds. The number of hydrogen-bond acceptors (Lipinski definition) is 1. The lowest BCUT2D eigenvalue weighted by atomic mass is 10.0. The van der Waals surface area contributed by atoms with E-state index in [0.29, 0.717) is 11.6 Å². The van der Waals surface area contributed by atoms with Gasteiger partial charge in [-0.25, -0.2) is 13.6 Å². The number of carbonyl (C=O) groups is 1. The normalized spacial score (nSPS) is 10.4. The molecule has 0 bridgehead atoms. The number of aromatic carboxylic acids is 1. The van der Waals surface area contributed by atoms with Gasteiger partial charge in [0.25, 0.3) is 0 Å². The molecule has 0 saturated heterocycles. The molecular weight excluding hydrogens is 238 g/mol. The minimum Gasteiger partial charge on any atom is -0.478 e. The van der Waals surface area contributed by atoms with Gasteiger partial charge >= 0.3 is 5.97 Å². The average Bonchev–Trinajstić information content (AvgIpc) is 2.31. The summed E-state index contributed by atoms with van der Waals surface area (Å²) in [6.45, 7) is 1.84. The number of carboxylic acid groups (broad SMARTS) is 1. The highest BCUT2D eigenvalue weighted by atomic mass is 19.1. The second-order valence-electron chi connectivity index (χ2n) is 3.99. The maximum Gasteiger partial charge on any atom is 0.338 e. The average molecular weight is 248 g/mol. The van der Waals surface area contributed by atoms with Gasteiger partial charge in [-0.15, -0.1) is 0 Å². The summed E-state index contributed by atoms with van der Waals surface area (Å²) < 4.78 is 27.3. The number of rotatable bonds is 2. The third-order valence-corrected chi connectivity index (χ3v) is 2.62. The van der Waals surface area contributed by atoms with Crippen molar-refractivity contribution in [2.45, 2.75) is 6.92 Å². The van der Waals surface area contributed by atoms with Crippen molar-refractivity contribution in [2.75, 3.05) is 0 Å². The predicted molar refractivity (Wildman–Crippen MR) is 63.5 cm³/mol. The van der Waals surface area contributed by atoms with Crippen molar-refractivity contribution in [2.24, 2.45) is 0 Å². The Balaban J connectivity index is 2.60. The van der Waals surface area contributed by atoms with E-state index in [2.05, 4.69) is 0 Å². The van der Waals surface area contributed by atoms with E-state index in [4.69, 9.17) is 5.11 Å². The van der Waals surface area contributed by atoms with Crippen LogP contribution in [0.5, 0.6) is 0 Å². The molecule has 2 nitrogen and oxygen atoms in total. The van der Waals surface area contributed by atoms with E-state index in [9.17, 15) is 13.6 Å².